The van der Waals surface area contributed by atoms with Crippen LogP contribution in [-0.2, 0) is 11.2 Å². The number of thiazole rings is 1. The molecule has 0 amide bonds. The van der Waals surface area contributed by atoms with Crippen molar-refractivity contribution < 1.29 is 14.1 Å². The summed E-state index contributed by atoms with van der Waals surface area (Å²) in [5, 5.41) is 6.67. The number of aromatic nitrogens is 2. The number of fused-ring (bicyclic) bond motifs is 1. The second kappa shape index (κ2) is 10.9. The molecule has 2 aromatic heterocycles. The van der Waals surface area contributed by atoms with Gasteiger partial charge in [-0.15, -0.1) is 0 Å². The number of benzene rings is 2. The molecular formula is C29H29Cl2N3O3S. The van der Waals surface area contributed by atoms with Crippen molar-refractivity contribution >= 4 is 55.9 Å². The van der Waals surface area contributed by atoms with Crippen LogP contribution in [0.3, 0.4) is 0 Å². The fraction of sp³-hybridized carbons (Fsp3) is 0.414. The van der Waals surface area contributed by atoms with E-state index in [-0.39, 0.29) is 5.97 Å². The second-order valence-corrected chi connectivity index (χ2v) is 11.9. The van der Waals surface area contributed by atoms with Crippen molar-refractivity contribution in [2.75, 3.05) is 24.6 Å². The summed E-state index contributed by atoms with van der Waals surface area (Å²) in [5.41, 5.74) is 4.25. The number of carbonyl (C=O) groups is 1. The molecule has 2 aromatic carbocycles. The Morgan fingerprint density at radius 1 is 1.13 bits per heavy atom. The van der Waals surface area contributed by atoms with E-state index in [4.69, 9.17) is 37.4 Å². The molecule has 1 saturated carbocycles. The van der Waals surface area contributed by atoms with Gasteiger partial charge in [-0.3, -0.25) is 0 Å². The van der Waals surface area contributed by atoms with Crippen LogP contribution >= 0.6 is 34.5 Å². The Hall–Kier alpha value is -2.61. The summed E-state index contributed by atoms with van der Waals surface area (Å²) in [6, 6.07) is 11.2. The van der Waals surface area contributed by atoms with E-state index in [1.807, 2.05) is 37.3 Å². The number of esters is 1. The summed E-state index contributed by atoms with van der Waals surface area (Å²) in [6.45, 7) is 4.12. The van der Waals surface area contributed by atoms with Gasteiger partial charge in [0.05, 0.1) is 32.4 Å². The van der Waals surface area contributed by atoms with E-state index in [2.05, 4.69) is 10.1 Å². The predicted molar refractivity (Wildman–Crippen MR) is 153 cm³/mol. The molecule has 1 aliphatic carbocycles. The smallest absolute Gasteiger partial charge is 0.338 e. The zero-order valence-electron chi connectivity index (χ0n) is 21.2. The molecule has 198 valence electrons. The van der Waals surface area contributed by atoms with E-state index in [0.717, 1.165) is 84.0 Å². The third kappa shape index (κ3) is 5.16. The predicted octanol–water partition coefficient (Wildman–Crippen LogP) is 8.16. The molecule has 0 spiro atoms. The lowest BCUT2D eigenvalue weighted by atomic mass is 9.89. The Labute approximate surface area is 235 Å². The zero-order valence-corrected chi connectivity index (χ0v) is 23.5. The minimum absolute atomic E-state index is 0.289. The van der Waals surface area contributed by atoms with Gasteiger partial charge in [-0.25, -0.2) is 9.78 Å². The Balaban J connectivity index is 1.12. The molecule has 4 aromatic rings. The van der Waals surface area contributed by atoms with Crippen LogP contribution in [0.2, 0.25) is 10.0 Å². The largest absolute Gasteiger partial charge is 0.462 e. The molecule has 6 nitrogen and oxygen atoms in total. The van der Waals surface area contributed by atoms with Crippen LogP contribution in [0.25, 0.3) is 21.5 Å². The maximum absolute atomic E-state index is 12.1. The molecule has 3 heterocycles. The first kappa shape index (κ1) is 25.7. The van der Waals surface area contributed by atoms with E-state index in [1.54, 1.807) is 17.4 Å². The van der Waals surface area contributed by atoms with E-state index in [1.165, 1.54) is 5.56 Å². The van der Waals surface area contributed by atoms with Gasteiger partial charge in [0.25, 0.3) is 0 Å². The molecule has 1 aliphatic heterocycles. The Morgan fingerprint density at radius 3 is 2.61 bits per heavy atom. The quantitative estimate of drug-likeness (QED) is 0.199. The lowest BCUT2D eigenvalue weighted by Gasteiger charge is -2.31. The molecule has 1 saturated heterocycles. The highest BCUT2D eigenvalue weighted by atomic mass is 35.5. The molecule has 0 unspecified atom stereocenters. The fourth-order valence-electron chi connectivity index (χ4n) is 5.30. The maximum atomic E-state index is 12.1. The van der Waals surface area contributed by atoms with E-state index in [0.29, 0.717) is 34.1 Å². The van der Waals surface area contributed by atoms with Gasteiger partial charge in [0.15, 0.2) is 5.13 Å². The molecular weight excluding hydrogens is 541 g/mol. The van der Waals surface area contributed by atoms with Gasteiger partial charge < -0.3 is 14.2 Å². The van der Waals surface area contributed by atoms with Gasteiger partial charge in [0.2, 0.25) is 0 Å². The summed E-state index contributed by atoms with van der Waals surface area (Å²) in [4.78, 5) is 19.3. The molecule has 38 heavy (non-hydrogen) atoms. The first-order valence-electron chi connectivity index (χ1n) is 13.3. The average molecular weight is 571 g/mol. The lowest BCUT2D eigenvalue weighted by molar-refractivity contribution is 0.0526. The van der Waals surface area contributed by atoms with Crippen LogP contribution in [0, 0.1) is 5.92 Å². The number of piperidine rings is 1. The normalized spacial score (nSPS) is 16.3. The van der Waals surface area contributed by atoms with Crippen molar-refractivity contribution in [2.45, 2.75) is 51.4 Å². The summed E-state index contributed by atoms with van der Waals surface area (Å²) in [7, 11) is 0. The summed E-state index contributed by atoms with van der Waals surface area (Å²) in [5.74, 6) is 1.82. The standard InChI is InChI=1S/C29H29Cl2N3O3S/c1-2-36-28(35)19-9-11-23-24(16-19)38-29(32-23)34-14-12-17(13-15-34)6-10-20-26(33-37-27(20)18-7-8-18)25-21(30)4-3-5-22(25)31/h3-5,9,11,16-18H,2,6-8,10,12-15H2,1H3. The van der Waals surface area contributed by atoms with Crippen molar-refractivity contribution in [2.24, 2.45) is 5.92 Å². The number of anilines is 1. The van der Waals surface area contributed by atoms with E-state index < -0.39 is 0 Å². The van der Waals surface area contributed by atoms with Gasteiger partial charge in [-0.1, -0.05) is 45.8 Å². The van der Waals surface area contributed by atoms with Gasteiger partial charge in [0.1, 0.15) is 11.5 Å². The fourth-order valence-corrected chi connectivity index (χ4v) is 6.93. The van der Waals surface area contributed by atoms with E-state index >= 15 is 0 Å². The van der Waals surface area contributed by atoms with Crippen LogP contribution < -0.4 is 4.90 Å². The van der Waals surface area contributed by atoms with Crippen LogP contribution in [0.1, 0.15) is 66.6 Å². The maximum Gasteiger partial charge on any atom is 0.338 e. The second-order valence-electron chi connectivity index (χ2n) is 10.1. The number of carbonyl (C=O) groups excluding carboxylic acids is 1. The average Bonchev–Trinajstić information content (AvgIpc) is 3.54. The van der Waals surface area contributed by atoms with Crippen molar-refractivity contribution in [1.29, 1.82) is 0 Å². The lowest BCUT2D eigenvalue weighted by Crippen LogP contribution is -2.33. The van der Waals surface area contributed by atoms with Gasteiger partial charge in [-0.05, 0) is 81.7 Å². The van der Waals surface area contributed by atoms with Crippen LogP contribution in [0.5, 0.6) is 0 Å². The summed E-state index contributed by atoms with van der Waals surface area (Å²) < 4.78 is 12.0. The minimum atomic E-state index is -0.289. The summed E-state index contributed by atoms with van der Waals surface area (Å²) >= 11 is 14.7. The van der Waals surface area contributed by atoms with Crippen LogP contribution in [0.15, 0.2) is 40.9 Å². The molecule has 9 heteroatoms. The Kier molecular flexibility index (Phi) is 7.34. The van der Waals surface area contributed by atoms with Crippen molar-refractivity contribution in [1.82, 2.24) is 10.1 Å². The molecule has 6 rings (SSSR count). The first-order chi connectivity index (χ1) is 18.5. The number of halogens is 2. The highest BCUT2D eigenvalue weighted by molar-refractivity contribution is 7.22. The third-order valence-electron chi connectivity index (χ3n) is 7.54. The monoisotopic (exact) mass is 569 g/mol. The Morgan fingerprint density at radius 2 is 1.89 bits per heavy atom. The topological polar surface area (TPSA) is 68.5 Å². The number of nitrogens with zero attached hydrogens (tertiary/aromatic N) is 3. The van der Waals surface area contributed by atoms with Crippen LogP contribution in [-0.4, -0.2) is 35.8 Å². The van der Waals surface area contributed by atoms with Crippen molar-refractivity contribution in [3.8, 4) is 11.3 Å². The molecule has 2 fully saturated rings. The highest BCUT2D eigenvalue weighted by Crippen LogP contribution is 2.46. The summed E-state index contributed by atoms with van der Waals surface area (Å²) in [6.07, 6.45) is 6.51. The van der Waals surface area contributed by atoms with Gasteiger partial charge in [-0.2, -0.15) is 0 Å². The number of hydrogen-bond donors (Lipinski definition) is 0. The third-order valence-corrected chi connectivity index (χ3v) is 9.25. The molecule has 0 N–H and O–H groups in total. The number of rotatable bonds is 8. The molecule has 0 radical (unpaired) electrons. The molecule has 2 aliphatic rings. The van der Waals surface area contributed by atoms with Gasteiger partial charge >= 0.3 is 5.97 Å². The first-order valence-corrected chi connectivity index (χ1v) is 14.8. The van der Waals surface area contributed by atoms with Gasteiger partial charge in [0, 0.05) is 30.1 Å². The molecule has 0 atom stereocenters. The minimum Gasteiger partial charge on any atom is -0.462 e. The Bertz CT molecular complexity index is 1450. The number of ether oxygens (including phenoxy) is 1. The van der Waals surface area contributed by atoms with E-state index in [9.17, 15) is 4.79 Å². The zero-order chi connectivity index (χ0) is 26.2. The highest BCUT2D eigenvalue weighted by Gasteiger charge is 2.34. The van der Waals surface area contributed by atoms with Crippen molar-refractivity contribution in [3.05, 3.63) is 63.3 Å². The van der Waals surface area contributed by atoms with Crippen molar-refractivity contribution in [3.63, 3.8) is 0 Å². The van der Waals surface area contributed by atoms with Crippen LogP contribution in [0.4, 0.5) is 5.13 Å². The number of hydrogen-bond acceptors (Lipinski definition) is 7. The SMILES string of the molecule is CCOC(=O)c1ccc2nc(N3CCC(CCc4c(-c5c(Cl)cccc5Cl)noc4C4CC4)CC3)sc2c1. The molecule has 0 bridgehead atoms.